The topological polar surface area (TPSA) is 64.3 Å². The maximum atomic E-state index is 10.8. The van der Waals surface area contributed by atoms with Crippen molar-refractivity contribution in [3.05, 3.63) is 29.8 Å². The van der Waals surface area contributed by atoms with E-state index in [2.05, 4.69) is 5.32 Å². The number of nitrogens with one attached hydrogen (secondary N) is 1. The van der Waals surface area contributed by atoms with Crippen molar-refractivity contribution in [2.75, 3.05) is 7.11 Å². The van der Waals surface area contributed by atoms with E-state index < -0.39 is 0 Å². The summed E-state index contributed by atoms with van der Waals surface area (Å²) in [5, 5.41) is 3.02. The third-order valence-corrected chi connectivity index (χ3v) is 2.17. The fraction of sp³-hybridized carbons (Fsp3) is 0.364. The first-order chi connectivity index (χ1) is 7.13. The molecule has 1 aromatic rings. The average Bonchev–Trinajstić information content (AvgIpc) is 2.26. The lowest BCUT2D eigenvalue weighted by Gasteiger charge is -2.10. The fourth-order valence-corrected chi connectivity index (χ4v) is 1.15. The van der Waals surface area contributed by atoms with E-state index in [4.69, 9.17) is 10.5 Å². The molecule has 0 aliphatic heterocycles. The molecule has 0 aliphatic carbocycles. The van der Waals surface area contributed by atoms with Crippen LogP contribution in [-0.4, -0.2) is 19.1 Å². The minimum absolute atomic E-state index is 0.323. The molecule has 1 amide bonds. The Morgan fingerprint density at radius 1 is 1.60 bits per heavy atom. The van der Waals surface area contributed by atoms with Crippen LogP contribution in [0.1, 0.15) is 12.5 Å². The van der Waals surface area contributed by atoms with Gasteiger partial charge >= 0.3 is 0 Å². The van der Waals surface area contributed by atoms with Crippen LogP contribution in [0, 0.1) is 0 Å². The summed E-state index contributed by atoms with van der Waals surface area (Å²) >= 11 is 0. The summed E-state index contributed by atoms with van der Waals surface area (Å²) in [4.78, 5) is 10.8. The maximum absolute atomic E-state index is 10.8. The summed E-state index contributed by atoms with van der Waals surface area (Å²) in [6, 6.07) is 7.34. The Morgan fingerprint density at radius 3 is 2.93 bits per heavy atom. The van der Waals surface area contributed by atoms with Gasteiger partial charge in [0, 0.05) is 6.54 Å². The monoisotopic (exact) mass is 208 g/mol. The van der Waals surface area contributed by atoms with Gasteiger partial charge in [-0.1, -0.05) is 12.1 Å². The zero-order valence-corrected chi connectivity index (χ0v) is 8.99. The minimum atomic E-state index is -0.349. The molecule has 0 aromatic heterocycles. The van der Waals surface area contributed by atoms with Crippen LogP contribution < -0.4 is 15.8 Å². The predicted molar refractivity (Wildman–Crippen MR) is 58.5 cm³/mol. The number of nitrogens with two attached hydrogens (primary N) is 1. The summed E-state index contributed by atoms with van der Waals surface area (Å²) < 4.78 is 5.09. The standard InChI is InChI=1S/C11H16N2O2/c1-8(11(12)14)13-7-9-4-3-5-10(6-9)15-2/h3-6,8,13H,7H2,1-2H3,(H2,12,14). The fourth-order valence-electron chi connectivity index (χ4n) is 1.15. The Morgan fingerprint density at radius 2 is 2.33 bits per heavy atom. The van der Waals surface area contributed by atoms with Crippen LogP contribution in [0.25, 0.3) is 0 Å². The van der Waals surface area contributed by atoms with Gasteiger partial charge in [0.1, 0.15) is 5.75 Å². The van der Waals surface area contributed by atoms with Gasteiger partial charge < -0.3 is 15.8 Å². The van der Waals surface area contributed by atoms with Gasteiger partial charge in [0.2, 0.25) is 5.91 Å². The van der Waals surface area contributed by atoms with Crippen molar-refractivity contribution in [1.82, 2.24) is 5.32 Å². The number of methoxy groups -OCH3 is 1. The number of amides is 1. The Labute approximate surface area is 89.4 Å². The molecule has 0 aliphatic rings. The Balaban J connectivity index is 2.53. The number of ether oxygens (including phenoxy) is 1. The van der Waals surface area contributed by atoms with E-state index in [-0.39, 0.29) is 11.9 Å². The van der Waals surface area contributed by atoms with Crippen LogP contribution >= 0.6 is 0 Å². The number of hydrogen-bond donors (Lipinski definition) is 2. The molecular weight excluding hydrogens is 192 g/mol. The van der Waals surface area contributed by atoms with Crippen molar-refractivity contribution in [3.8, 4) is 5.75 Å². The maximum Gasteiger partial charge on any atom is 0.234 e. The molecular formula is C11H16N2O2. The van der Waals surface area contributed by atoms with Crippen molar-refractivity contribution in [2.45, 2.75) is 19.5 Å². The molecule has 1 rings (SSSR count). The second-order valence-electron chi connectivity index (χ2n) is 3.36. The van der Waals surface area contributed by atoms with Gasteiger partial charge in [-0.15, -0.1) is 0 Å². The molecule has 0 heterocycles. The second kappa shape index (κ2) is 5.36. The van der Waals surface area contributed by atoms with E-state index >= 15 is 0 Å². The van der Waals surface area contributed by atoms with Gasteiger partial charge in [-0.05, 0) is 24.6 Å². The molecule has 0 saturated carbocycles. The third-order valence-electron chi connectivity index (χ3n) is 2.17. The zero-order chi connectivity index (χ0) is 11.3. The largest absolute Gasteiger partial charge is 0.497 e. The second-order valence-corrected chi connectivity index (χ2v) is 3.36. The highest BCUT2D eigenvalue weighted by molar-refractivity contribution is 5.79. The lowest BCUT2D eigenvalue weighted by molar-refractivity contribution is -0.119. The lowest BCUT2D eigenvalue weighted by atomic mass is 10.2. The summed E-state index contributed by atoms with van der Waals surface area (Å²) in [5.74, 6) is 0.457. The summed E-state index contributed by atoms with van der Waals surface area (Å²) in [7, 11) is 1.62. The van der Waals surface area contributed by atoms with Crippen LogP contribution in [0.3, 0.4) is 0 Å². The highest BCUT2D eigenvalue weighted by atomic mass is 16.5. The molecule has 1 unspecified atom stereocenters. The van der Waals surface area contributed by atoms with Gasteiger partial charge in [0.15, 0.2) is 0 Å². The number of benzene rings is 1. The van der Waals surface area contributed by atoms with E-state index in [1.807, 2.05) is 24.3 Å². The quantitative estimate of drug-likeness (QED) is 0.747. The van der Waals surface area contributed by atoms with Crippen LogP contribution in [0.4, 0.5) is 0 Å². The smallest absolute Gasteiger partial charge is 0.234 e. The third kappa shape index (κ3) is 3.59. The highest BCUT2D eigenvalue weighted by Gasteiger charge is 2.06. The van der Waals surface area contributed by atoms with Gasteiger partial charge in [0.05, 0.1) is 13.2 Å². The van der Waals surface area contributed by atoms with Crippen molar-refractivity contribution < 1.29 is 9.53 Å². The van der Waals surface area contributed by atoms with Crippen molar-refractivity contribution in [3.63, 3.8) is 0 Å². The number of primary amides is 1. The first-order valence-corrected chi connectivity index (χ1v) is 4.79. The van der Waals surface area contributed by atoms with Crippen LogP contribution in [0.15, 0.2) is 24.3 Å². The Hall–Kier alpha value is -1.55. The zero-order valence-electron chi connectivity index (χ0n) is 8.99. The van der Waals surface area contributed by atoms with E-state index in [9.17, 15) is 4.79 Å². The predicted octanol–water partition coefficient (Wildman–Crippen LogP) is 0.659. The van der Waals surface area contributed by atoms with E-state index in [0.717, 1.165) is 11.3 Å². The molecule has 1 aromatic carbocycles. The molecule has 4 heteroatoms. The molecule has 0 fully saturated rings. The van der Waals surface area contributed by atoms with E-state index in [1.165, 1.54) is 0 Å². The number of hydrogen-bond acceptors (Lipinski definition) is 3. The number of carbonyl (C=O) groups is 1. The molecule has 0 bridgehead atoms. The van der Waals surface area contributed by atoms with Gasteiger partial charge in [-0.25, -0.2) is 0 Å². The molecule has 4 nitrogen and oxygen atoms in total. The average molecular weight is 208 g/mol. The highest BCUT2D eigenvalue weighted by Crippen LogP contribution is 2.12. The lowest BCUT2D eigenvalue weighted by Crippen LogP contribution is -2.38. The summed E-state index contributed by atoms with van der Waals surface area (Å²) in [5.41, 5.74) is 6.19. The van der Waals surface area contributed by atoms with Crippen molar-refractivity contribution >= 4 is 5.91 Å². The first-order valence-electron chi connectivity index (χ1n) is 4.79. The van der Waals surface area contributed by atoms with Gasteiger partial charge in [0.25, 0.3) is 0 Å². The van der Waals surface area contributed by atoms with Gasteiger partial charge in [-0.2, -0.15) is 0 Å². The molecule has 3 N–H and O–H groups in total. The molecule has 1 atom stereocenters. The van der Waals surface area contributed by atoms with Gasteiger partial charge in [-0.3, -0.25) is 4.79 Å². The Kier molecular flexibility index (Phi) is 4.12. The number of carbonyl (C=O) groups excluding carboxylic acids is 1. The normalized spacial score (nSPS) is 12.1. The van der Waals surface area contributed by atoms with Crippen molar-refractivity contribution in [1.29, 1.82) is 0 Å². The molecule has 0 spiro atoms. The molecule has 15 heavy (non-hydrogen) atoms. The number of rotatable bonds is 5. The SMILES string of the molecule is COc1cccc(CNC(C)C(N)=O)c1. The molecule has 0 radical (unpaired) electrons. The van der Waals surface area contributed by atoms with E-state index in [1.54, 1.807) is 14.0 Å². The Bertz CT molecular complexity index is 339. The molecule has 82 valence electrons. The van der Waals surface area contributed by atoms with Crippen LogP contribution in [0.2, 0.25) is 0 Å². The van der Waals surface area contributed by atoms with Crippen molar-refractivity contribution in [2.24, 2.45) is 5.73 Å². The molecule has 0 saturated heterocycles. The first kappa shape index (κ1) is 11.5. The van der Waals surface area contributed by atoms with Crippen LogP contribution in [0.5, 0.6) is 5.75 Å². The summed E-state index contributed by atoms with van der Waals surface area (Å²) in [6.45, 7) is 2.34. The van der Waals surface area contributed by atoms with E-state index in [0.29, 0.717) is 6.54 Å². The summed E-state index contributed by atoms with van der Waals surface area (Å²) in [6.07, 6.45) is 0. The van der Waals surface area contributed by atoms with Crippen LogP contribution in [-0.2, 0) is 11.3 Å². The minimum Gasteiger partial charge on any atom is -0.497 e.